The van der Waals surface area contributed by atoms with Gasteiger partial charge in [-0.2, -0.15) is 0 Å². The number of para-hydroxylation sites is 1. The Morgan fingerprint density at radius 1 is 1.57 bits per heavy atom. The van der Waals surface area contributed by atoms with E-state index in [-0.39, 0.29) is 11.1 Å². The fourth-order valence-electron chi connectivity index (χ4n) is 2.01. The Morgan fingerprint density at radius 2 is 2.29 bits per heavy atom. The second-order valence-corrected chi connectivity index (χ2v) is 6.93. The van der Waals surface area contributed by atoms with E-state index in [2.05, 4.69) is 10.3 Å². The summed E-state index contributed by atoms with van der Waals surface area (Å²) in [5.74, 6) is -0.117. The molecule has 1 aliphatic rings. The van der Waals surface area contributed by atoms with Gasteiger partial charge in [-0.1, -0.05) is 12.1 Å². The Balaban J connectivity index is 2.07. The van der Waals surface area contributed by atoms with E-state index in [0.29, 0.717) is 17.9 Å². The third kappa shape index (κ3) is 3.72. The van der Waals surface area contributed by atoms with E-state index in [0.717, 1.165) is 5.04 Å². The lowest BCUT2D eigenvalue weighted by Gasteiger charge is -2.18. The minimum atomic E-state index is -0.890. The number of nitrogens with zero attached hydrogens (tertiary/aromatic N) is 1. The van der Waals surface area contributed by atoms with Gasteiger partial charge in [-0.3, -0.25) is 15.1 Å². The molecule has 1 heterocycles. The zero-order valence-electron chi connectivity index (χ0n) is 11.9. The number of phenols is 1. The number of hydrogen-bond acceptors (Lipinski definition) is 6. The van der Waals surface area contributed by atoms with Gasteiger partial charge in [0, 0.05) is 11.3 Å². The summed E-state index contributed by atoms with van der Waals surface area (Å²) in [4.78, 5) is 15.7. The number of carboxylic acid groups (broad SMARTS) is 1. The maximum absolute atomic E-state index is 11.2. The number of hydrogen-bond donors (Lipinski definition) is 3. The zero-order chi connectivity index (χ0) is 15.5. The fourth-order valence-corrected chi connectivity index (χ4v) is 3.87. The summed E-state index contributed by atoms with van der Waals surface area (Å²) in [6.45, 7) is 2.16. The summed E-state index contributed by atoms with van der Waals surface area (Å²) in [5, 5.41) is 22.9. The summed E-state index contributed by atoms with van der Waals surface area (Å²) in [5.41, 5.74) is -0.187. The molecule has 114 valence electrons. The third-order valence-corrected chi connectivity index (χ3v) is 5.40. The molecule has 7 heteroatoms. The van der Waals surface area contributed by atoms with E-state index in [1.165, 1.54) is 11.8 Å². The summed E-state index contributed by atoms with van der Waals surface area (Å²) in [7, 11) is 0. The zero-order valence-corrected chi connectivity index (χ0v) is 13.5. The van der Waals surface area contributed by atoms with Gasteiger partial charge in [-0.15, -0.1) is 23.5 Å². The van der Waals surface area contributed by atoms with E-state index in [4.69, 9.17) is 0 Å². The normalized spacial score (nSPS) is 26.0. The Kier molecular flexibility index (Phi) is 5.18. The molecule has 0 aliphatic carbocycles. The Bertz CT molecular complexity index is 565. The quantitative estimate of drug-likeness (QED) is 0.580. The fraction of sp³-hybridized carbons (Fsp3) is 0.429. The monoisotopic (exact) mass is 326 g/mol. The van der Waals surface area contributed by atoms with Crippen molar-refractivity contribution in [1.82, 2.24) is 5.32 Å². The van der Waals surface area contributed by atoms with E-state index < -0.39 is 11.5 Å². The first-order valence-corrected chi connectivity index (χ1v) is 8.73. The van der Waals surface area contributed by atoms with Gasteiger partial charge in [0.1, 0.15) is 16.3 Å². The number of aromatic hydroxyl groups is 1. The highest BCUT2D eigenvalue weighted by Crippen LogP contribution is 2.28. The van der Waals surface area contributed by atoms with Crippen LogP contribution in [0.25, 0.3) is 0 Å². The molecule has 21 heavy (non-hydrogen) atoms. The van der Waals surface area contributed by atoms with Gasteiger partial charge in [-0.25, -0.2) is 0 Å². The molecule has 3 N–H and O–H groups in total. The maximum atomic E-state index is 11.2. The van der Waals surface area contributed by atoms with Crippen LogP contribution in [0.3, 0.4) is 0 Å². The predicted octanol–water partition coefficient (Wildman–Crippen LogP) is 2.01. The highest BCUT2D eigenvalue weighted by molar-refractivity contribution is 8.13. The number of phenolic OH excluding ortho intramolecular Hbond substituents is 1. The van der Waals surface area contributed by atoms with Crippen molar-refractivity contribution in [2.45, 2.75) is 17.8 Å². The molecule has 1 fully saturated rings. The lowest BCUT2D eigenvalue weighted by atomic mass is 10.1. The van der Waals surface area contributed by atoms with Crippen molar-refractivity contribution in [3.8, 4) is 5.75 Å². The molecule has 5 nitrogen and oxygen atoms in total. The SMILES string of the molecule is CS/C(=N\C[C@@H]1N[C@@](C)(C(=O)O)CS1)c1ccccc1O. The van der Waals surface area contributed by atoms with Gasteiger partial charge in [-0.05, 0) is 25.3 Å². The number of carboxylic acids is 1. The lowest BCUT2D eigenvalue weighted by Crippen LogP contribution is -2.49. The molecule has 1 aromatic carbocycles. The number of benzene rings is 1. The first-order chi connectivity index (χ1) is 9.96. The maximum Gasteiger partial charge on any atom is 0.324 e. The van der Waals surface area contributed by atoms with E-state index in [1.54, 1.807) is 30.8 Å². The first kappa shape index (κ1) is 16.2. The van der Waals surface area contributed by atoms with Crippen LogP contribution in [0.15, 0.2) is 29.3 Å². The number of carbonyl (C=O) groups is 1. The smallest absolute Gasteiger partial charge is 0.324 e. The molecule has 0 unspecified atom stereocenters. The summed E-state index contributed by atoms with van der Waals surface area (Å²) in [6.07, 6.45) is 1.90. The topological polar surface area (TPSA) is 81.9 Å². The number of aliphatic imine (C=N–C) groups is 1. The predicted molar refractivity (Wildman–Crippen MR) is 88.4 cm³/mol. The van der Waals surface area contributed by atoms with Gasteiger partial charge in [0.05, 0.1) is 11.9 Å². The van der Waals surface area contributed by atoms with Gasteiger partial charge in [0.25, 0.3) is 0 Å². The number of nitrogens with one attached hydrogen (secondary N) is 1. The highest BCUT2D eigenvalue weighted by atomic mass is 32.2. The molecule has 0 radical (unpaired) electrons. The van der Waals surface area contributed by atoms with Crippen molar-refractivity contribution in [3.05, 3.63) is 29.8 Å². The first-order valence-electron chi connectivity index (χ1n) is 6.46. The average molecular weight is 326 g/mol. The van der Waals surface area contributed by atoms with E-state index in [9.17, 15) is 15.0 Å². The van der Waals surface area contributed by atoms with Gasteiger partial charge in [0.15, 0.2) is 0 Å². The summed E-state index contributed by atoms with van der Waals surface area (Å²) < 4.78 is 0. The van der Waals surface area contributed by atoms with Crippen LogP contribution in [0.4, 0.5) is 0 Å². The molecule has 1 saturated heterocycles. The molecule has 0 saturated carbocycles. The molecule has 0 aromatic heterocycles. The molecular weight excluding hydrogens is 308 g/mol. The summed E-state index contributed by atoms with van der Waals surface area (Å²) in [6, 6.07) is 7.07. The largest absolute Gasteiger partial charge is 0.507 e. The minimum absolute atomic E-state index is 0.0286. The molecule has 0 spiro atoms. The molecule has 2 atom stereocenters. The third-order valence-electron chi connectivity index (χ3n) is 3.25. The van der Waals surface area contributed by atoms with E-state index in [1.807, 2.05) is 18.4 Å². The number of thioether (sulfide) groups is 2. The Morgan fingerprint density at radius 3 is 2.86 bits per heavy atom. The van der Waals surface area contributed by atoms with Crippen LogP contribution in [-0.4, -0.2) is 50.7 Å². The number of aliphatic carboxylic acids is 1. The van der Waals surface area contributed by atoms with Crippen molar-refractivity contribution in [2.75, 3.05) is 18.6 Å². The molecular formula is C14H18N2O3S2. The minimum Gasteiger partial charge on any atom is -0.507 e. The molecule has 1 aliphatic heterocycles. The van der Waals surface area contributed by atoms with Gasteiger partial charge >= 0.3 is 5.97 Å². The van der Waals surface area contributed by atoms with Crippen LogP contribution < -0.4 is 5.32 Å². The second kappa shape index (κ2) is 6.72. The van der Waals surface area contributed by atoms with Crippen LogP contribution in [0.5, 0.6) is 5.75 Å². The van der Waals surface area contributed by atoms with Crippen molar-refractivity contribution in [3.63, 3.8) is 0 Å². The molecule has 2 rings (SSSR count). The van der Waals surface area contributed by atoms with Crippen LogP contribution in [0.1, 0.15) is 12.5 Å². The van der Waals surface area contributed by atoms with Crippen LogP contribution in [0.2, 0.25) is 0 Å². The average Bonchev–Trinajstić information content (AvgIpc) is 2.84. The van der Waals surface area contributed by atoms with E-state index >= 15 is 0 Å². The standard InChI is InChI=1S/C14H18N2O3S2/c1-14(13(18)19)8-21-11(16-14)7-15-12(20-2)9-5-3-4-6-10(9)17/h3-6,11,16-17H,7-8H2,1-2H3,(H,18,19)/b15-12-/t11-,14-/m1/s1. The molecule has 1 aromatic rings. The van der Waals surface area contributed by atoms with Crippen LogP contribution in [-0.2, 0) is 4.79 Å². The van der Waals surface area contributed by atoms with Crippen molar-refractivity contribution < 1.29 is 15.0 Å². The van der Waals surface area contributed by atoms with Crippen molar-refractivity contribution >= 4 is 34.5 Å². The van der Waals surface area contributed by atoms with Gasteiger partial charge in [0.2, 0.25) is 0 Å². The Hall–Kier alpha value is -1.18. The summed E-state index contributed by atoms with van der Waals surface area (Å²) >= 11 is 3.02. The second-order valence-electron chi connectivity index (χ2n) is 4.95. The van der Waals surface area contributed by atoms with Crippen molar-refractivity contribution in [2.24, 2.45) is 4.99 Å². The number of rotatable bonds is 4. The van der Waals surface area contributed by atoms with Crippen LogP contribution in [0, 0.1) is 0 Å². The van der Waals surface area contributed by atoms with Crippen molar-refractivity contribution in [1.29, 1.82) is 0 Å². The molecule has 0 amide bonds. The lowest BCUT2D eigenvalue weighted by molar-refractivity contribution is -0.142. The van der Waals surface area contributed by atoms with Crippen LogP contribution >= 0.6 is 23.5 Å². The molecule has 0 bridgehead atoms. The highest BCUT2D eigenvalue weighted by Gasteiger charge is 2.41. The van der Waals surface area contributed by atoms with Gasteiger partial charge < -0.3 is 10.2 Å². The Labute approximate surface area is 132 Å².